The largest absolute Gasteiger partial charge is 0.506 e. The molecule has 1 aromatic carbocycles. The second kappa shape index (κ2) is 7.51. The zero-order valence-electron chi connectivity index (χ0n) is 14.1. The predicted molar refractivity (Wildman–Crippen MR) is 88.8 cm³/mol. The van der Waals surface area contributed by atoms with Gasteiger partial charge in [0, 0.05) is 6.07 Å². The molecule has 0 spiro atoms. The van der Waals surface area contributed by atoms with E-state index in [1.54, 1.807) is 20.8 Å². The third-order valence-corrected chi connectivity index (χ3v) is 3.15. The molecule has 0 bridgehead atoms. The van der Waals surface area contributed by atoms with Gasteiger partial charge < -0.3 is 19.7 Å². The summed E-state index contributed by atoms with van der Waals surface area (Å²) in [6.45, 7) is 5.56. The first-order valence-corrected chi connectivity index (χ1v) is 7.70. The maximum absolute atomic E-state index is 12.2. The van der Waals surface area contributed by atoms with Gasteiger partial charge in [-0.2, -0.15) is 0 Å². The highest BCUT2D eigenvalue weighted by Crippen LogP contribution is 2.23. The van der Waals surface area contributed by atoms with Gasteiger partial charge in [-0.1, -0.05) is 30.3 Å². The summed E-state index contributed by atoms with van der Waals surface area (Å²) < 4.78 is 11.8. The molecule has 6 heteroatoms. The Balaban J connectivity index is 2.01. The molecular formula is C18H23NO5. The van der Waals surface area contributed by atoms with Crippen LogP contribution in [-0.2, 0) is 16.1 Å². The molecule has 6 nitrogen and oxygen atoms in total. The van der Waals surface area contributed by atoms with E-state index in [4.69, 9.17) is 9.47 Å². The predicted octanol–water partition coefficient (Wildman–Crippen LogP) is 3.23. The minimum absolute atomic E-state index is 0.0128. The summed E-state index contributed by atoms with van der Waals surface area (Å²) in [6.07, 6.45) is -0.522. The van der Waals surface area contributed by atoms with Crippen LogP contribution in [0, 0.1) is 0 Å². The Morgan fingerprint density at radius 1 is 1.25 bits per heavy atom. The van der Waals surface area contributed by atoms with Crippen molar-refractivity contribution in [2.24, 2.45) is 0 Å². The number of rotatable bonds is 5. The van der Waals surface area contributed by atoms with E-state index >= 15 is 0 Å². The Hall–Kier alpha value is -2.31. The summed E-state index contributed by atoms with van der Waals surface area (Å²) in [7, 11) is 0. The van der Waals surface area contributed by atoms with E-state index < -0.39 is 17.8 Å². The molecule has 2 N–H and O–H groups in total. The number of aliphatic hydroxyl groups is 1. The van der Waals surface area contributed by atoms with Crippen LogP contribution >= 0.6 is 0 Å². The topological polar surface area (TPSA) is 80.9 Å². The number of hydrogen-bond acceptors (Lipinski definition) is 5. The van der Waals surface area contributed by atoms with Gasteiger partial charge in [0.2, 0.25) is 0 Å². The molecule has 2 rings (SSSR count). The van der Waals surface area contributed by atoms with Crippen LogP contribution in [0.4, 0.5) is 4.79 Å². The molecule has 1 heterocycles. The van der Waals surface area contributed by atoms with E-state index in [0.717, 1.165) is 10.1 Å². The number of carbonyl (C=O) groups excluding carboxylic acids is 1. The third-order valence-electron chi connectivity index (χ3n) is 3.15. The Kier molecular flexibility index (Phi) is 5.64. The highest BCUT2D eigenvalue weighted by molar-refractivity contribution is 5.73. The lowest BCUT2D eigenvalue weighted by Crippen LogP contribution is -2.28. The molecule has 0 aliphatic heterocycles. The van der Waals surface area contributed by atoms with E-state index in [1.807, 2.05) is 30.3 Å². The molecule has 24 heavy (non-hydrogen) atoms. The molecular weight excluding hydrogens is 310 g/mol. The second-order valence-electron chi connectivity index (χ2n) is 6.49. The lowest BCUT2D eigenvalue weighted by Gasteiger charge is -2.21. The lowest BCUT2D eigenvalue weighted by atomic mass is 10.2. The molecule has 0 saturated heterocycles. The van der Waals surface area contributed by atoms with E-state index in [1.165, 1.54) is 12.3 Å². The maximum atomic E-state index is 12.2. The first kappa shape index (κ1) is 18.0. The van der Waals surface area contributed by atoms with Crippen molar-refractivity contribution in [1.82, 2.24) is 4.57 Å². The fourth-order valence-corrected chi connectivity index (χ4v) is 2.14. The molecule has 0 fully saturated rings. The molecule has 0 aliphatic carbocycles. The van der Waals surface area contributed by atoms with Crippen LogP contribution in [0.1, 0.15) is 38.1 Å². The Bertz CT molecular complexity index is 672. The van der Waals surface area contributed by atoms with Crippen molar-refractivity contribution in [3.8, 4) is 5.75 Å². The molecule has 1 unspecified atom stereocenters. The van der Waals surface area contributed by atoms with Crippen molar-refractivity contribution in [1.29, 1.82) is 0 Å². The zero-order chi connectivity index (χ0) is 17.7. The monoisotopic (exact) mass is 333 g/mol. The van der Waals surface area contributed by atoms with Crippen LogP contribution in [0.15, 0.2) is 42.6 Å². The van der Waals surface area contributed by atoms with Crippen molar-refractivity contribution < 1.29 is 24.5 Å². The van der Waals surface area contributed by atoms with Gasteiger partial charge in [0.05, 0.1) is 25.1 Å². The van der Waals surface area contributed by atoms with Gasteiger partial charge in [-0.15, -0.1) is 0 Å². The average molecular weight is 333 g/mol. The van der Waals surface area contributed by atoms with Gasteiger partial charge in [-0.05, 0) is 26.3 Å². The quantitative estimate of drug-likeness (QED) is 0.878. The summed E-state index contributed by atoms with van der Waals surface area (Å²) in [5.41, 5.74) is 0.521. The highest BCUT2D eigenvalue weighted by atomic mass is 16.6. The lowest BCUT2D eigenvalue weighted by molar-refractivity contribution is 0.0210. The number of hydrogen-bond donors (Lipinski definition) is 2. The van der Waals surface area contributed by atoms with E-state index in [-0.39, 0.29) is 18.1 Å². The van der Waals surface area contributed by atoms with Crippen LogP contribution in [0.5, 0.6) is 5.75 Å². The number of carbonyl (C=O) groups is 1. The molecule has 1 aromatic heterocycles. The van der Waals surface area contributed by atoms with Gasteiger partial charge in [-0.3, -0.25) is 4.57 Å². The normalized spacial score (nSPS) is 12.8. The second-order valence-corrected chi connectivity index (χ2v) is 6.49. The van der Waals surface area contributed by atoms with Crippen LogP contribution < -0.4 is 0 Å². The standard InChI is InChI=1S/C18H23NO5/c1-18(2,3)24-17(22)19-10-14(20)9-15(19)16(21)12-23-11-13-7-5-4-6-8-13/h4-10,16,20-21H,11-12H2,1-3H3. The molecule has 0 saturated carbocycles. The summed E-state index contributed by atoms with van der Waals surface area (Å²) >= 11 is 0. The van der Waals surface area contributed by atoms with Crippen LogP contribution in [0.2, 0.25) is 0 Å². The van der Waals surface area contributed by atoms with Crippen molar-refractivity contribution in [2.45, 2.75) is 39.1 Å². The smallest absolute Gasteiger partial charge is 0.418 e. The van der Waals surface area contributed by atoms with Crippen molar-refractivity contribution >= 4 is 6.09 Å². The molecule has 0 amide bonds. The Labute approximate surface area is 141 Å². The van der Waals surface area contributed by atoms with Gasteiger partial charge in [0.1, 0.15) is 17.5 Å². The van der Waals surface area contributed by atoms with E-state index in [9.17, 15) is 15.0 Å². The van der Waals surface area contributed by atoms with Crippen molar-refractivity contribution in [3.05, 3.63) is 53.9 Å². The van der Waals surface area contributed by atoms with Crippen LogP contribution in [-0.4, -0.2) is 33.1 Å². The zero-order valence-corrected chi connectivity index (χ0v) is 14.1. The van der Waals surface area contributed by atoms with Gasteiger partial charge >= 0.3 is 6.09 Å². The first-order chi connectivity index (χ1) is 11.3. The molecule has 0 radical (unpaired) electrons. The SMILES string of the molecule is CC(C)(C)OC(=O)n1cc(O)cc1C(O)COCc1ccccc1. The number of nitrogens with zero attached hydrogens (tertiary/aromatic N) is 1. The van der Waals surface area contributed by atoms with Gasteiger partial charge in [0.25, 0.3) is 0 Å². The van der Waals surface area contributed by atoms with E-state index in [2.05, 4.69) is 0 Å². The van der Waals surface area contributed by atoms with E-state index in [0.29, 0.717) is 6.61 Å². The van der Waals surface area contributed by atoms with Gasteiger partial charge in [0.15, 0.2) is 0 Å². The number of aliphatic hydroxyl groups excluding tert-OH is 1. The number of benzene rings is 1. The number of ether oxygens (including phenoxy) is 2. The first-order valence-electron chi connectivity index (χ1n) is 7.70. The third kappa shape index (κ3) is 5.11. The molecule has 130 valence electrons. The minimum atomic E-state index is -1.07. The number of aromatic nitrogens is 1. The summed E-state index contributed by atoms with van der Waals surface area (Å²) in [4.78, 5) is 12.2. The van der Waals surface area contributed by atoms with Crippen molar-refractivity contribution in [3.63, 3.8) is 0 Å². The van der Waals surface area contributed by atoms with Crippen LogP contribution in [0.25, 0.3) is 0 Å². The van der Waals surface area contributed by atoms with Crippen molar-refractivity contribution in [2.75, 3.05) is 6.61 Å². The number of aromatic hydroxyl groups is 1. The molecule has 1 atom stereocenters. The average Bonchev–Trinajstić information content (AvgIpc) is 2.89. The Morgan fingerprint density at radius 2 is 1.92 bits per heavy atom. The fourth-order valence-electron chi connectivity index (χ4n) is 2.14. The molecule has 0 aliphatic rings. The minimum Gasteiger partial charge on any atom is -0.506 e. The highest BCUT2D eigenvalue weighted by Gasteiger charge is 2.23. The summed E-state index contributed by atoms with van der Waals surface area (Å²) in [5, 5.41) is 19.9. The summed E-state index contributed by atoms with van der Waals surface area (Å²) in [5.74, 6) is -0.127. The van der Waals surface area contributed by atoms with Crippen LogP contribution in [0.3, 0.4) is 0 Å². The fraction of sp³-hybridized carbons (Fsp3) is 0.389. The maximum Gasteiger partial charge on any atom is 0.418 e. The Morgan fingerprint density at radius 3 is 2.54 bits per heavy atom. The molecule has 2 aromatic rings. The van der Waals surface area contributed by atoms with Gasteiger partial charge in [-0.25, -0.2) is 4.79 Å². The summed E-state index contributed by atoms with van der Waals surface area (Å²) in [6, 6.07) is 10.9.